The summed E-state index contributed by atoms with van der Waals surface area (Å²) >= 11 is 1.21. The number of amides is 1. The Labute approximate surface area is 186 Å². The summed E-state index contributed by atoms with van der Waals surface area (Å²) in [6.07, 6.45) is 0. The van der Waals surface area contributed by atoms with Gasteiger partial charge in [-0.25, -0.2) is 8.42 Å². The highest BCUT2D eigenvalue weighted by molar-refractivity contribution is 7.91. The smallest absolute Gasteiger partial charge is 0.255 e. The predicted molar refractivity (Wildman–Crippen MR) is 123 cm³/mol. The van der Waals surface area contributed by atoms with Crippen molar-refractivity contribution in [3.63, 3.8) is 0 Å². The molecule has 1 saturated heterocycles. The van der Waals surface area contributed by atoms with Crippen LogP contribution in [0.4, 0.5) is 5.69 Å². The summed E-state index contributed by atoms with van der Waals surface area (Å²) in [7, 11) is -3.53. The Morgan fingerprint density at radius 3 is 2.42 bits per heavy atom. The molecule has 0 unspecified atom stereocenters. The highest BCUT2D eigenvalue weighted by Crippen LogP contribution is 2.33. The molecule has 6 nitrogen and oxygen atoms in total. The maximum absolute atomic E-state index is 12.9. The molecule has 3 aromatic rings. The molecule has 2 aromatic carbocycles. The van der Waals surface area contributed by atoms with E-state index < -0.39 is 10.0 Å². The maximum atomic E-state index is 12.9. The van der Waals surface area contributed by atoms with Crippen molar-refractivity contribution in [2.45, 2.75) is 18.1 Å². The normalized spacial score (nSPS) is 15.0. The fraction of sp³-hybridized carbons (Fsp3) is 0.261. The van der Waals surface area contributed by atoms with Gasteiger partial charge in [-0.1, -0.05) is 18.2 Å². The van der Waals surface area contributed by atoms with Crippen molar-refractivity contribution in [3.05, 3.63) is 71.3 Å². The molecule has 0 aliphatic carbocycles. The number of carbonyl (C=O) groups is 1. The summed E-state index contributed by atoms with van der Waals surface area (Å²) in [5, 5.41) is 2.94. The number of aryl methyl sites for hydroxylation is 2. The van der Waals surface area contributed by atoms with Crippen LogP contribution in [0, 0.1) is 13.8 Å². The highest BCUT2D eigenvalue weighted by Gasteiger charge is 2.28. The van der Waals surface area contributed by atoms with Crippen molar-refractivity contribution >= 4 is 33.0 Å². The topological polar surface area (TPSA) is 75.7 Å². The first kappa shape index (κ1) is 21.7. The van der Waals surface area contributed by atoms with Crippen LogP contribution >= 0.6 is 11.3 Å². The minimum Gasteiger partial charge on any atom is -0.379 e. The van der Waals surface area contributed by atoms with E-state index in [0.717, 1.165) is 27.3 Å². The minimum atomic E-state index is -3.53. The van der Waals surface area contributed by atoms with E-state index >= 15 is 0 Å². The second-order valence-electron chi connectivity index (χ2n) is 7.55. The van der Waals surface area contributed by atoms with E-state index in [-0.39, 0.29) is 5.91 Å². The third-order valence-corrected chi connectivity index (χ3v) is 8.53. The van der Waals surface area contributed by atoms with Gasteiger partial charge in [0, 0.05) is 29.2 Å². The van der Waals surface area contributed by atoms with Crippen LogP contribution in [-0.2, 0) is 14.8 Å². The lowest BCUT2D eigenvalue weighted by atomic mass is 10.1. The van der Waals surface area contributed by atoms with Crippen LogP contribution in [0.2, 0.25) is 0 Å². The summed E-state index contributed by atoms with van der Waals surface area (Å²) in [6.45, 7) is 5.53. The molecule has 0 spiro atoms. The highest BCUT2D eigenvalue weighted by atomic mass is 32.2. The van der Waals surface area contributed by atoms with Crippen LogP contribution < -0.4 is 5.32 Å². The van der Waals surface area contributed by atoms with Gasteiger partial charge in [0.25, 0.3) is 15.9 Å². The molecule has 0 saturated carbocycles. The van der Waals surface area contributed by atoms with Crippen LogP contribution in [0.15, 0.2) is 58.8 Å². The van der Waals surface area contributed by atoms with Crippen molar-refractivity contribution in [1.29, 1.82) is 0 Å². The van der Waals surface area contributed by atoms with Gasteiger partial charge in [-0.3, -0.25) is 4.79 Å². The molecular formula is C23H24N2O4S2. The SMILES string of the molecule is Cc1cc(C)cc(NC(=O)c2cccc(-c3ccc(S(=O)(=O)N4CCOCC4)s3)c2)c1. The molecule has 31 heavy (non-hydrogen) atoms. The van der Waals surface area contributed by atoms with Gasteiger partial charge < -0.3 is 10.1 Å². The quantitative estimate of drug-likeness (QED) is 0.621. The lowest BCUT2D eigenvalue weighted by molar-refractivity contribution is 0.0731. The third-order valence-electron chi connectivity index (χ3n) is 5.03. The van der Waals surface area contributed by atoms with Crippen LogP contribution in [0.5, 0.6) is 0 Å². The maximum Gasteiger partial charge on any atom is 0.255 e. The molecule has 1 aromatic heterocycles. The summed E-state index contributed by atoms with van der Waals surface area (Å²) in [5.74, 6) is -0.204. The molecule has 0 atom stereocenters. The molecule has 0 bridgehead atoms. The number of carbonyl (C=O) groups excluding carboxylic acids is 1. The largest absolute Gasteiger partial charge is 0.379 e. The molecule has 1 aliphatic rings. The lowest BCUT2D eigenvalue weighted by Gasteiger charge is -2.25. The van der Waals surface area contributed by atoms with E-state index in [0.29, 0.717) is 36.1 Å². The number of morpholine rings is 1. The molecule has 4 rings (SSSR count). The van der Waals surface area contributed by atoms with Crippen LogP contribution in [-0.4, -0.2) is 44.9 Å². The second-order valence-corrected chi connectivity index (χ2v) is 10.8. The minimum absolute atomic E-state index is 0.204. The number of anilines is 1. The molecule has 1 fully saturated rings. The van der Waals surface area contributed by atoms with Gasteiger partial charge in [0.1, 0.15) is 4.21 Å². The Bertz CT molecular complexity index is 1190. The molecule has 8 heteroatoms. The average Bonchev–Trinajstić information content (AvgIpc) is 3.25. The number of hydrogen-bond acceptors (Lipinski definition) is 5. The van der Waals surface area contributed by atoms with Crippen molar-refractivity contribution in [2.75, 3.05) is 31.6 Å². The molecule has 1 aliphatic heterocycles. The lowest BCUT2D eigenvalue weighted by Crippen LogP contribution is -2.40. The number of sulfonamides is 1. The van der Waals surface area contributed by atoms with Crippen LogP contribution in [0.25, 0.3) is 10.4 Å². The monoisotopic (exact) mass is 456 g/mol. The Balaban J connectivity index is 1.55. The average molecular weight is 457 g/mol. The van der Waals surface area contributed by atoms with E-state index in [9.17, 15) is 13.2 Å². The van der Waals surface area contributed by atoms with E-state index in [1.165, 1.54) is 15.6 Å². The first-order chi connectivity index (χ1) is 14.8. The number of nitrogens with one attached hydrogen (secondary N) is 1. The fourth-order valence-corrected chi connectivity index (χ4v) is 6.46. The number of ether oxygens (including phenoxy) is 1. The first-order valence-corrected chi connectivity index (χ1v) is 12.3. The van der Waals surface area contributed by atoms with Gasteiger partial charge in [-0.15, -0.1) is 11.3 Å². The van der Waals surface area contributed by atoms with E-state index in [4.69, 9.17) is 4.74 Å². The molecular weight excluding hydrogens is 432 g/mol. The number of benzene rings is 2. The summed E-state index contributed by atoms with van der Waals surface area (Å²) < 4.78 is 32.8. The van der Waals surface area contributed by atoms with Gasteiger partial charge in [0.15, 0.2) is 0 Å². The zero-order valence-corrected chi connectivity index (χ0v) is 19.1. The second kappa shape index (κ2) is 8.92. The number of nitrogens with zero attached hydrogens (tertiary/aromatic N) is 1. The van der Waals surface area contributed by atoms with E-state index in [1.54, 1.807) is 24.3 Å². The van der Waals surface area contributed by atoms with Crippen LogP contribution in [0.1, 0.15) is 21.5 Å². The summed E-state index contributed by atoms with van der Waals surface area (Å²) in [4.78, 5) is 13.6. The number of rotatable bonds is 5. The summed E-state index contributed by atoms with van der Waals surface area (Å²) in [5.41, 5.74) is 4.24. The summed E-state index contributed by atoms with van der Waals surface area (Å²) in [6, 6.07) is 16.6. The molecule has 1 amide bonds. The Kier molecular flexibility index (Phi) is 6.24. The standard InChI is InChI=1S/C23H24N2O4S2/c1-16-12-17(2)14-20(13-16)24-23(26)19-5-3-4-18(15-19)21-6-7-22(30-21)31(27,28)25-8-10-29-11-9-25/h3-7,12-15H,8-11H2,1-2H3,(H,24,26). The van der Waals surface area contributed by atoms with Crippen LogP contribution in [0.3, 0.4) is 0 Å². The van der Waals surface area contributed by atoms with Crippen molar-refractivity contribution < 1.29 is 17.9 Å². The van der Waals surface area contributed by atoms with Crippen molar-refractivity contribution in [3.8, 4) is 10.4 Å². The number of hydrogen-bond donors (Lipinski definition) is 1. The fourth-order valence-electron chi connectivity index (χ4n) is 3.59. The molecule has 162 valence electrons. The number of thiophene rings is 1. The Morgan fingerprint density at radius 1 is 1.00 bits per heavy atom. The Hall–Kier alpha value is -2.52. The first-order valence-electron chi connectivity index (χ1n) is 10.0. The van der Waals surface area contributed by atoms with Gasteiger partial charge >= 0.3 is 0 Å². The van der Waals surface area contributed by atoms with Crippen molar-refractivity contribution in [1.82, 2.24) is 4.31 Å². The van der Waals surface area contributed by atoms with Gasteiger partial charge in [-0.05, 0) is 66.9 Å². The van der Waals surface area contributed by atoms with Gasteiger partial charge in [0.2, 0.25) is 0 Å². The molecule has 1 N–H and O–H groups in total. The van der Waals surface area contributed by atoms with E-state index in [1.807, 2.05) is 38.1 Å². The van der Waals surface area contributed by atoms with Gasteiger partial charge in [0.05, 0.1) is 13.2 Å². The molecule has 2 heterocycles. The predicted octanol–water partition coefficient (Wildman–Crippen LogP) is 4.31. The third kappa shape index (κ3) is 4.88. The van der Waals surface area contributed by atoms with Crippen molar-refractivity contribution in [2.24, 2.45) is 0 Å². The van der Waals surface area contributed by atoms with Gasteiger partial charge in [-0.2, -0.15) is 4.31 Å². The zero-order chi connectivity index (χ0) is 22.0. The Morgan fingerprint density at radius 2 is 1.71 bits per heavy atom. The van der Waals surface area contributed by atoms with E-state index in [2.05, 4.69) is 11.4 Å². The zero-order valence-electron chi connectivity index (χ0n) is 17.4. The molecule has 0 radical (unpaired) electrons.